The van der Waals surface area contributed by atoms with E-state index in [-0.39, 0.29) is 0 Å². The van der Waals surface area contributed by atoms with Crippen LogP contribution in [-0.4, -0.2) is 14.1 Å². The van der Waals surface area contributed by atoms with Gasteiger partial charge < -0.3 is 4.90 Å². The second-order valence-electron chi connectivity index (χ2n) is 4.07. The molecule has 0 amide bonds. The lowest BCUT2D eigenvalue weighted by atomic mass is 10.3. The maximum atomic E-state index is 6.16. The first kappa shape index (κ1) is 12.6. The van der Waals surface area contributed by atoms with Crippen molar-refractivity contribution >= 4 is 28.7 Å². The number of halogens is 1. The van der Waals surface area contributed by atoms with E-state index in [0.717, 1.165) is 11.4 Å². The first-order valence-electron chi connectivity index (χ1n) is 5.60. The molecule has 92 valence electrons. The molecule has 0 radical (unpaired) electrons. The minimum absolute atomic E-state index is 0.598. The summed E-state index contributed by atoms with van der Waals surface area (Å²) in [5, 5.41) is 8.89. The Morgan fingerprint density at radius 1 is 0.944 bits per heavy atom. The van der Waals surface area contributed by atoms with Crippen LogP contribution in [0.4, 0.5) is 17.1 Å². The van der Waals surface area contributed by atoms with Gasteiger partial charge in [-0.15, -0.1) is 5.11 Å². The molecule has 0 aliphatic carbocycles. The average molecular weight is 260 g/mol. The SMILES string of the molecule is CN(C)c1ccc(N=Nc2ccccc2)c(Cl)c1. The van der Waals surface area contributed by atoms with E-state index < -0.39 is 0 Å². The molecule has 18 heavy (non-hydrogen) atoms. The topological polar surface area (TPSA) is 28.0 Å². The molecule has 0 aliphatic rings. The fourth-order valence-electron chi connectivity index (χ4n) is 1.46. The Morgan fingerprint density at radius 3 is 2.28 bits per heavy atom. The number of benzene rings is 2. The van der Waals surface area contributed by atoms with Gasteiger partial charge in [0, 0.05) is 19.8 Å². The highest BCUT2D eigenvalue weighted by Crippen LogP contribution is 2.30. The number of hydrogen-bond donors (Lipinski definition) is 0. The second kappa shape index (κ2) is 5.65. The van der Waals surface area contributed by atoms with Crippen LogP contribution in [0.5, 0.6) is 0 Å². The van der Waals surface area contributed by atoms with Crippen molar-refractivity contribution < 1.29 is 0 Å². The molecule has 0 bridgehead atoms. The first-order chi connectivity index (χ1) is 8.66. The molecule has 0 atom stereocenters. The van der Waals surface area contributed by atoms with Crippen LogP contribution < -0.4 is 4.90 Å². The predicted molar refractivity (Wildman–Crippen MR) is 76.4 cm³/mol. The molecule has 0 fully saturated rings. The van der Waals surface area contributed by atoms with Crippen LogP contribution in [-0.2, 0) is 0 Å². The molecule has 0 N–H and O–H groups in total. The fourth-order valence-corrected chi connectivity index (χ4v) is 1.67. The van der Waals surface area contributed by atoms with Crippen molar-refractivity contribution in [1.82, 2.24) is 0 Å². The van der Waals surface area contributed by atoms with Crippen LogP contribution in [0.3, 0.4) is 0 Å². The summed E-state index contributed by atoms with van der Waals surface area (Å²) in [6.45, 7) is 0. The van der Waals surface area contributed by atoms with Gasteiger partial charge in [0.1, 0.15) is 5.69 Å². The van der Waals surface area contributed by atoms with Crippen molar-refractivity contribution in [2.75, 3.05) is 19.0 Å². The van der Waals surface area contributed by atoms with E-state index in [2.05, 4.69) is 10.2 Å². The van der Waals surface area contributed by atoms with E-state index in [4.69, 9.17) is 11.6 Å². The van der Waals surface area contributed by atoms with E-state index in [1.807, 2.05) is 67.5 Å². The van der Waals surface area contributed by atoms with Gasteiger partial charge in [-0.2, -0.15) is 5.11 Å². The Morgan fingerprint density at radius 2 is 1.67 bits per heavy atom. The fraction of sp³-hybridized carbons (Fsp3) is 0.143. The zero-order chi connectivity index (χ0) is 13.0. The Balaban J connectivity index is 2.22. The Kier molecular flexibility index (Phi) is 3.95. The number of azo groups is 1. The van der Waals surface area contributed by atoms with E-state index in [1.165, 1.54) is 0 Å². The molecule has 0 spiro atoms. The molecule has 4 heteroatoms. The zero-order valence-corrected chi connectivity index (χ0v) is 11.1. The Hall–Kier alpha value is -1.87. The van der Waals surface area contributed by atoms with Crippen LogP contribution >= 0.6 is 11.6 Å². The second-order valence-corrected chi connectivity index (χ2v) is 4.47. The summed E-state index contributed by atoms with van der Waals surface area (Å²) in [6.07, 6.45) is 0. The molecule has 2 aromatic carbocycles. The smallest absolute Gasteiger partial charge is 0.104 e. The van der Waals surface area contributed by atoms with Crippen LogP contribution in [0.2, 0.25) is 5.02 Å². The first-order valence-corrected chi connectivity index (χ1v) is 5.98. The molecule has 0 unspecified atom stereocenters. The molecule has 0 aromatic heterocycles. The van der Waals surface area contributed by atoms with Gasteiger partial charge >= 0.3 is 0 Å². The summed E-state index contributed by atoms with van der Waals surface area (Å²) in [5.41, 5.74) is 2.52. The predicted octanol–water partition coefficient (Wildman–Crippen LogP) is 4.82. The summed E-state index contributed by atoms with van der Waals surface area (Å²) >= 11 is 6.16. The summed E-state index contributed by atoms with van der Waals surface area (Å²) in [7, 11) is 3.94. The number of hydrogen-bond acceptors (Lipinski definition) is 3. The van der Waals surface area contributed by atoms with E-state index >= 15 is 0 Å². The van der Waals surface area contributed by atoms with Gasteiger partial charge in [-0.05, 0) is 30.3 Å². The monoisotopic (exact) mass is 259 g/mol. The van der Waals surface area contributed by atoms with E-state index in [9.17, 15) is 0 Å². The molecule has 0 aliphatic heterocycles. The van der Waals surface area contributed by atoms with Gasteiger partial charge in [0.2, 0.25) is 0 Å². The van der Waals surface area contributed by atoms with Crippen molar-refractivity contribution in [3.05, 3.63) is 53.6 Å². The van der Waals surface area contributed by atoms with Crippen LogP contribution in [0.25, 0.3) is 0 Å². The summed E-state index contributed by atoms with van der Waals surface area (Å²) in [4.78, 5) is 1.99. The summed E-state index contributed by atoms with van der Waals surface area (Å²) in [5.74, 6) is 0. The van der Waals surface area contributed by atoms with E-state index in [0.29, 0.717) is 10.7 Å². The van der Waals surface area contributed by atoms with Gasteiger partial charge in [0.15, 0.2) is 0 Å². The lowest BCUT2D eigenvalue weighted by molar-refractivity contribution is 1.13. The Bertz CT molecular complexity index is 550. The highest BCUT2D eigenvalue weighted by atomic mass is 35.5. The summed E-state index contributed by atoms with van der Waals surface area (Å²) < 4.78 is 0. The van der Waals surface area contributed by atoms with E-state index in [1.54, 1.807) is 0 Å². The lowest BCUT2D eigenvalue weighted by Crippen LogP contribution is -2.07. The molecule has 0 saturated carbocycles. The maximum Gasteiger partial charge on any atom is 0.104 e. The minimum Gasteiger partial charge on any atom is -0.378 e. The van der Waals surface area contributed by atoms with Gasteiger partial charge in [0.25, 0.3) is 0 Å². The standard InChI is InChI=1S/C14H14ClN3/c1-18(2)12-8-9-14(13(15)10-12)17-16-11-6-4-3-5-7-11/h3-10H,1-2H3. The number of anilines is 1. The largest absolute Gasteiger partial charge is 0.378 e. The molecule has 0 heterocycles. The highest BCUT2D eigenvalue weighted by Gasteiger charge is 2.02. The van der Waals surface area contributed by atoms with Gasteiger partial charge in [-0.1, -0.05) is 29.8 Å². The minimum atomic E-state index is 0.598. The highest BCUT2D eigenvalue weighted by molar-refractivity contribution is 6.33. The molecular weight excluding hydrogens is 246 g/mol. The molecule has 2 aromatic rings. The zero-order valence-electron chi connectivity index (χ0n) is 10.3. The third-order valence-corrected chi connectivity index (χ3v) is 2.78. The molecule has 0 saturated heterocycles. The summed E-state index contributed by atoms with van der Waals surface area (Å²) in [6, 6.07) is 15.3. The van der Waals surface area contributed by atoms with Crippen molar-refractivity contribution in [3.63, 3.8) is 0 Å². The molecule has 2 rings (SSSR count). The average Bonchev–Trinajstić information content (AvgIpc) is 2.38. The van der Waals surface area contributed by atoms with Crippen LogP contribution in [0.1, 0.15) is 0 Å². The van der Waals surface area contributed by atoms with Crippen molar-refractivity contribution in [2.24, 2.45) is 10.2 Å². The normalized spacial score (nSPS) is 10.8. The van der Waals surface area contributed by atoms with Crippen molar-refractivity contribution in [3.8, 4) is 0 Å². The third kappa shape index (κ3) is 3.08. The Labute approximate surface area is 112 Å². The van der Waals surface area contributed by atoms with Gasteiger partial charge in [-0.25, -0.2) is 0 Å². The lowest BCUT2D eigenvalue weighted by Gasteiger charge is -2.12. The molecular formula is C14H14ClN3. The molecule has 3 nitrogen and oxygen atoms in total. The van der Waals surface area contributed by atoms with Crippen molar-refractivity contribution in [2.45, 2.75) is 0 Å². The maximum absolute atomic E-state index is 6.16. The third-order valence-electron chi connectivity index (χ3n) is 2.48. The van der Waals surface area contributed by atoms with Crippen LogP contribution in [0, 0.1) is 0 Å². The number of rotatable bonds is 3. The van der Waals surface area contributed by atoms with Crippen molar-refractivity contribution in [1.29, 1.82) is 0 Å². The quantitative estimate of drug-likeness (QED) is 0.726. The number of nitrogens with zero attached hydrogens (tertiary/aromatic N) is 3. The van der Waals surface area contributed by atoms with Gasteiger partial charge in [0.05, 0.1) is 10.7 Å². The van der Waals surface area contributed by atoms with Gasteiger partial charge in [-0.3, -0.25) is 0 Å². The van der Waals surface area contributed by atoms with Crippen LogP contribution in [0.15, 0.2) is 58.8 Å².